The molecule has 3 aromatic carbocycles. The van der Waals surface area contributed by atoms with E-state index in [4.69, 9.17) is 0 Å². The predicted molar refractivity (Wildman–Crippen MR) is 105 cm³/mol. The molecule has 0 aliphatic rings. The zero-order valence-corrected chi connectivity index (χ0v) is 14.3. The average Bonchev–Trinajstić information content (AvgIpc) is 2.63. The van der Waals surface area contributed by atoms with E-state index in [1.807, 2.05) is 0 Å². The highest BCUT2D eigenvalue weighted by atomic mass is 15.1. The molecule has 0 saturated carbocycles. The molecular formula is C23H23N. The number of benzene rings is 3. The second-order valence-corrected chi connectivity index (χ2v) is 6.15. The normalized spacial score (nSPS) is 11.3. The average molecular weight is 313 g/mol. The van der Waals surface area contributed by atoms with Gasteiger partial charge in [-0.1, -0.05) is 84.9 Å². The van der Waals surface area contributed by atoms with Crippen LogP contribution in [-0.2, 0) is 6.42 Å². The summed E-state index contributed by atoms with van der Waals surface area (Å²) < 4.78 is 0. The van der Waals surface area contributed by atoms with E-state index in [0.717, 1.165) is 6.42 Å². The van der Waals surface area contributed by atoms with E-state index in [1.54, 1.807) is 0 Å². The molecule has 3 rings (SSSR count). The van der Waals surface area contributed by atoms with Gasteiger partial charge >= 0.3 is 0 Å². The Morgan fingerprint density at radius 2 is 1.33 bits per heavy atom. The summed E-state index contributed by atoms with van der Waals surface area (Å²) in [5, 5.41) is 0. The topological polar surface area (TPSA) is 3.24 Å². The summed E-state index contributed by atoms with van der Waals surface area (Å²) in [6.45, 7) is 0. The van der Waals surface area contributed by atoms with Gasteiger partial charge in [-0.15, -0.1) is 0 Å². The lowest BCUT2D eigenvalue weighted by atomic mass is 9.95. The molecule has 24 heavy (non-hydrogen) atoms. The smallest absolute Gasteiger partial charge is 0.0396 e. The first-order chi connectivity index (χ1) is 11.7. The maximum absolute atomic E-state index is 2.29. The third kappa shape index (κ3) is 3.94. The fraction of sp³-hybridized carbons (Fsp3) is 0.130. The van der Waals surface area contributed by atoms with Crippen molar-refractivity contribution in [2.24, 2.45) is 0 Å². The lowest BCUT2D eigenvalue weighted by Crippen LogP contribution is -2.11. The Hall–Kier alpha value is -2.80. The third-order valence-electron chi connectivity index (χ3n) is 4.14. The van der Waals surface area contributed by atoms with E-state index in [1.165, 1.54) is 28.0 Å². The molecule has 3 aromatic rings. The van der Waals surface area contributed by atoms with Gasteiger partial charge in [-0.2, -0.15) is 0 Å². The van der Waals surface area contributed by atoms with Gasteiger partial charge in [-0.3, -0.25) is 0 Å². The Labute approximate surface area is 144 Å². The highest BCUT2D eigenvalue weighted by Gasteiger charge is 2.08. The number of hydrogen-bond donors (Lipinski definition) is 0. The van der Waals surface area contributed by atoms with Gasteiger partial charge in [0.05, 0.1) is 0 Å². The third-order valence-corrected chi connectivity index (χ3v) is 4.14. The van der Waals surface area contributed by atoms with E-state index in [9.17, 15) is 0 Å². The number of rotatable bonds is 5. The van der Waals surface area contributed by atoms with Gasteiger partial charge in [-0.05, 0) is 28.3 Å². The fourth-order valence-electron chi connectivity index (χ4n) is 2.94. The summed E-state index contributed by atoms with van der Waals surface area (Å²) in [6, 6.07) is 29.8. The summed E-state index contributed by atoms with van der Waals surface area (Å²) in [7, 11) is 4.20. The molecule has 0 unspecified atom stereocenters. The van der Waals surface area contributed by atoms with E-state index in [-0.39, 0.29) is 0 Å². The van der Waals surface area contributed by atoms with E-state index < -0.39 is 0 Å². The maximum Gasteiger partial charge on any atom is 0.0396 e. The molecule has 0 saturated heterocycles. The second kappa shape index (κ2) is 7.65. The number of nitrogens with zero attached hydrogens (tertiary/aromatic N) is 1. The van der Waals surface area contributed by atoms with Crippen molar-refractivity contribution in [3.63, 3.8) is 0 Å². The minimum absolute atomic E-state index is 0.910. The monoisotopic (exact) mass is 313 g/mol. The molecule has 0 aliphatic heterocycles. The molecule has 0 aliphatic carbocycles. The van der Waals surface area contributed by atoms with Crippen LogP contribution in [0.25, 0.3) is 11.6 Å². The summed E-state index contributed by atoms with van der Waals surface area (Å²) in [4.78, 5) is 2.18. The molecule has 0 atom stereocenters. The Morgan fingerprint density at radius 3 is 2.00 bits per heavy atom. The van der Waals surface area contributed by atoms with Gasteiger partial charge in [0.2, 0.25) is 0 Å². The van der Waals surface area contributed by atoms with Crippen LogP contribution in [0.15, 0.2) is 84.9 Å². The van der Waals surface area contributed by atoms with Gasteiger partial charge in [0, 0.05) is 26.2 Å². The number of hydrogen-bond acceptors (Lipinski definition) is 1. The highest BCUT2D eigenvalue weighted by molar-refractivity contribution is 5.83. The molecule has 0 heterocycles. The van der Waals surface area contributed by atoms with Crippen molar-refractivity contribution in [3.8, 4) is 0 Å². The van der Waals surface area contributed by atoms with Crippen molar-refractivity contribution in [1.29, 1.82) is 0 Å². The molecule has 1 nitrogen and oxygen atoms in total. The molecule has 0 aromatic heterocycles. The van der Waals surface area contributed by atoms with Crippen molar-refractivity contribution in [3.05, 3.63) is 102 Å². The fourth-order valence-corrected chi connectivity index (χ4v) is 2.94. The Morgan fingerprint density at radius 1 is 0.750 bits per heavy atom. The second-order valence-electron chi connectivity index (χ2n) is 6.15. The molecular weight excluding hydrogens is 290 g/mol. The molecule has 0 bridgehead atoms. The lowest BCUT2D eigenvalue weighted by molar-refractivity contribution is 1.10. The quantitative estimate of drug-likeness (QED) is 0.559. The van der Waals surface area contributed by atoms with Gasteiger partial charge in [-0.25, -0.2) is 0 Å². The molecule has 0 amide bonds. The van der Waals surface area contributed by atoms with Crippen molar-refractivity contribution in [2.75, 3.05) is 19.0 Å². The van der Waals surface area contributed by atoms with Crippen LogP contribution in [0.5, 0.6) is 0 Å². The zero-order valence-electron chi connectivity index (χ0n) is 14.3. The Bertz CT molecular complexity index is 802. The standard InChI is InChI=1S/C23H23N/c1-24(2)23-16-10-9-15-21(23)18-22(20-13-7-4-8-14-20)17-19-11-5-3-6-12-19/h3-17H,18H2,1-2H3/b22-17-. The van der Waals surface area contributed by atoms with Gasteiger partial charge in [0.15, 0.2) is 0 Å². The first-order valence-electron chi connectivity index (χ1n) is 8.30. The SMILES string of the molecule is CN(C)c1ccccc1C/C(=C/c1ccccc1)c1ccccc1. The summed E-state index contributed by atoms with van der Waals surface area (Å²) in [5.74, 6) is 0. The van der Waals surface area contributed by atoms with E-state index in [2.05, 4.69) is 110 Å². The minimum atomic E-state index is 0.910. The van der Waals surface area contributed by atoms with E-state index in [0.29, 0.717) is 0 Å². The first kappa shape index (κ1) is 16.1. The van der Waals surface area contributed by atoms with Gasteiger partial charge < -0.3 is 4.90 Å². The molecule has 1 heteroatoms. The van der Waals surface area contributed by atoms with Crippen LogP contribution in [0.3, 0.4) is 0 Å². The van der Waals surface area contributed by atoms with Gasteiger partial charge in [0.25, 0.3) is 0 Å². The van der Waals surface area contributed by atoms with Crippen LogP contribution in [-0.4, -0.2) is 14.1 Å². The maximum atomic E-state index is 2.29. The number of anilines is 1. The minimum Gasteiger partial charge on any atom is -0.377 e. The van der Waals surface area contributed by atoms with Crippen LogP contribution in [0.1, 0.15) is 16.7 Å². The summed E-state index contributed by atoms with van der Waals surface area (Å²) in [6.07, 6.45) is 3.20. The predicted octanol–water partition coefficient (Wildman–Crippen LogP) is 5.54. The zero-order chi connectivity index (χ0) is 16.8. The van der Waals surface area contributed by atoms with Crippen LogP contribution in [0.4, 0.5) is 5.69 Å². The molecule has 0 radical (unpaired) electrons. The molecule has 0 spiro atoms. The van der Waals surface area contributed by atoms with Crippen molar-refractivity contribution < 1.29 is 0 Å². The van der Waals surface area contributed by atoms with Crippen LogP contribution >= 0.6 is 0 Å². The molecule has 120 valence electrons. The molecule has 0 N–H and O–H groups in total. The number of allylic oxidation sites excluding steroid dienone is 1. The molecule has 0 fully saturated rings. The van der Waals surface area contributed by atoms with Gasteiger partial charge in [0.1, 0.15) is 0 Å². The van der Waals surface area contributed by atoms with Crippen LogP contribution < -0.4 is 4.90 Å². The van der Waals surface area contributed by atoms with Crippen LogP contribution in [0.2, 0.25) is 0 Å². The summed E-state index contributed by atoms with van der Waals surface area (Å²) in [5.41, 5.74) is 6.45. The highest BCUT2D eigenvalue weighted by Crippen LogP contribution is 2.27. The Balaban J connectivity index is 2.02. The summed E-state index contributed by atoms with van der Waals surface area (Å²) >= 11 is 0. The largest absolute Gasteiger partial charge is 0.377 e. The van der Waals surface area contributed by atoms with Crippen molar-refractivity contribution in [2.45, 2.75) is 6.42 Å². The first-order valence-corrected chi connectivity index (χ1v) is 8.30. The van der Waals surface area contributed by atoms with Crippen molar-refractivity contribution >= 4 is 17.3 Å². The van der Waals surface area contributed by atoms with E-state index >= 15 is 0 Å². The van der Waals surface area contributed by atoms with Crippen LogP contribution in [0, 0.1) is 0 Å². The lowest BCUT2D eigenvalue weighted by Gasteiger charge is -2.18. The number of para-hydroxylation sites is 1. The Kier molecular flexibility index (Phi) is 5.12. The van der Waals surface area contributed by atoms with Crippen molar-refractivity contribution in [1.82, 2.24) is 0 Å².